The van der Waals surface area contributed by atoms with Crippen molar-refractivity contribution in [3.8, 4) is 11.5 Å². The van der Waals surface area contributed by atoms with Gasteiger partial charge in [-0.2, -0.15) is 5.10 Å². The second kappa shape index (κ2) is 8.26. The molecule has 160 valence electrons. The van der Waals surface area contributed by atoms with E-state index < -0.39 is 0 Å². The molecule has 0 spiro atoms. The Morgan fingerprint density at radius 3 is 2.42 bits per heavy atom. The average Bonchev–Trinajstić information content (AvgIpc) is 3.06. The van der Waals surface area contributed by atoms with E-state index in [0.717, 1.165) is 27.5 Å². The lowest BCUT2D eigenvalue weighted by molar-refractivity contribution is 0.102. The van der Waals surface area contributed by atoms with E-state index in [4.69, 9.17) is 14.5 Å². The standard InChI is InChI=1S/C24H26N4O3/c1-14(2)13-28-23-20(11-16-7-6-15(3)8-21(16)25-23)22(27-28)26-24(29)17-9-18(30-4)12-19(10-17)31-5/h6-12,14H,13H2,1-5H3,(H,26,27,29). The summed E-state index contributed by atoms with van der Waals surface area (Å²) in [4.78, 5) is 17.9. The number of anilines is 1. The Morgan fingerprint density at radius 2 is 1.77 bits per heavy atom. The highest BCUT2D eigenvalue weighted by atomic mass is 16.5. The van der Waals surface area contributed by atoms with Crippen LogP contribution in [0.25, 0.3) is 21.9 Å². The topological polar surface area (TPSA) is 78.3 Å². The number of nitrogens with one attached hydrogen (secondary N) is 1. The Morgan fingerprint density at radius 1 is 1.06 bits per heavy atom. The summed E-state index contributed by atoms with van der Waals surface area (Å²) in [6.45, 7) is 6.99. The van der Waals surface area contributed by atoms with E-state index in [1.54, 1.807) is 32.4 Å². The van der Waals surface area contributed by atoms with E-state index in [-0.39, 0.29) is 5.91 Å². The molecule has 2 heterocycles. The van der Waals surface area contributed by atoms with Crippen LogP contribution in [0.4, 0.5) is 5.82 Å². The summed E-state index contributed by atoms with van der Waals surface area (Å²) < 4.78 is 12.4. The molecule has 0 radical (unpaired) electrons. The Labute approximate surface area is 181 Å². The second-order valence-electron chi connectivity index (χ2n) is 8.04. The number of nitrogens with zero attached hydrogens (tertiary/aromatic N) is 3. The molecule has 31 heavy (non-hydrogen) atoms. The number of methoxy groups -OCH3 is 2. The summed E-state index contributed by atoms with van der Waals surface area (Å²) in [5.74, 6) is 1.66. The van der Waals surface area contributed by atoms with Crippen molar-refractivity contribution in [3.63, 3.8) is 0 Å². The first-order valence-electron chi connectivity index (χ1n) is 10.2. The number of carbonyl (C=O) groups is 1. The van der Waals surface area contributed by atoms with Crippen LogP contribution in [0.3, 0.4) is 0 Å². The summed E-state index contributed by atoms with van der Waals surface area (Å²) in [5.41, 5.74) is 3.24. The number of hydrogen-bond donors (Lipinski definition) is 1. The number of benzene rings is 2. The Balaban J connectivity index is 1.79. The van der Waals surface area contributed by atoms with E-state index in [0.29, 0.717) is 35.3 Å². The molecule has 1 N–H and O–H groups in total. The average molecular weight is 418 g/mol. The maximum absolute atomic E-state index is 13.0. The van der Waals surface area contributed by atoms with Crippen LogP contribution in [0, 0.1) is 12.8 Å². The maximum atomic E-state index is 13.0. The molecule has 0 saturated carbocycles. The molecule has 7 nitrogen and oxygen atoms in total. The van der Waals surface area contributed by atoms with Crippen LogP contribution in [0.1, 0.15) is 29.8 Å². The minimum atomic E-state index is -0.294. The van der Waals surface area contributed by atoms with Crippen LogP contribution in [0.5, 0.6) is 11.5 Å². The van der Waals surface area contributed by atoms with Crippen LogP contribution in [0.2, 0.25) is 0 Å². The Kier molecular flexibility index (Phi) is 5.50. The van der Waals surface area contributed by atoms with Gasteiger partial charge in [-0.25, -0.2) is 9.67 Å². The first-order chi connectivity index (χ1) is 14.9. The zero-order valence-electron chi connectivity index (χ0n) is 18.4. The van der Waals surface area contributed by atoms with Crippen LogP contribution in [-0.4, -0.2) is 34.9 Å². The number of aromatic nitrogens is 3. The molecule has 0 atom stereocenters. The zero-order valence-corrected chi connectivity index (χ0v) is 18.4. The van der Waals surface area contributed by atoms with Gasteiger partial charge in [0.25, 0.3) is 5.91 Å². The number of fused-ring (bicyclic) bond motifs is 2. The summed E-state index contributed by atoms with van der Waals surface area (Å²) in [6.07, 6.45) is 0. The molecular formula is C24H26N4O3. The van der Waals surface area contributed by atoms with Crippen molar-refractivity contribution >= 4 is 33.7 Å². The molecule has 0 unspecified atom stereocenters. The van der Waals surface area contributed by atoms with E-state index in [1.807, 2.05) is 23.7 Å². The SMILES string of the molecule is COc1cc(OC)cc(C(=O)Nc2nn(CC(C)C)c3nc4cc(C)ccc4cc23)c1. The van der Waals surface area contributed by atoms with Crippen LogP contribution >= 0.6 is 0 Å². The quantitative estimate of drug-likeness (QED) is 0.486. The molecule has 2 aromatic carbocycles. The van der Waals surface area contributed by atoms with Gasteiger partial charge in [-0.3, -0.25) is 4.79 Å². The van der Waals surface area contributed by atoms with E-state index in [1.165, 1.54) is 0 Å². The molecule has 0 aliphatic rings. The fourth-order valence-corrected chi connectivity index (χ4v) is 3.54. The van der Waals surface area contributed by atoms with Gasteiger partial charge in [0.2, 0.25) is 0 Å². The minimum absolute atomic E-state index is 0.294. The molecule has 0 aliphatic carbocycles. The number of carbonyl (C=O) groups excluding carboxylic acids is 1. The van der Waals surface area contributed by atoms with Crippen molar-refractivity contribution in [2.45, 2.75) is 27.3 Å². The van der Waals surface area contributed by atoms with Gasteiger partial charge in [-0.05, 0) is 42.7 Å². The second-order valence-corrected chi connectivity index (χ2v) is 8.04. The zero-order chi connectivity index (χ0) is 22.1. The first kappa shape index (κ1) is 20.7. The summed E-state index contributed by atoms with van der Waals surface area (Å²) in [5, 5.41) is 9.44. The third kappa shape index (κ3) is 4.17. The predicted octanol–water partition coefficient (Wildman–Crippen LogP) is 4.82. The molecule has 4 aromatic rings. The van der Waals surface area contributed by atoms with Gasteiger partial charge in [0, 0.05) is 23.6 Å². The molecule has 4 rings (SSSR count). The molecule has 2 aromatic heterocycles. The van der Waals surface area contributed by atoms with Gasteiger partial charge in [-0.1, -0.05) is 26.0 Å². The van der Waals surface area contributed by atoms with Crippen LogP contribution < -0.4 is 14.8 Å². The monoisotopic (exact) mass is 418 g/mol. The third-order valence-electron chi connectivity index (χ3n) is 5.06. The van der Waals surface area contributed by atoms with Crippen LogP contribution in [0.15, 0.2) is 42.5 Å². The fraction of sp³-hybridized carbons (Fsp3) is 0.292. The maximum Gasteiger partial charge on any atom is 0.257 e. The Bertz CT molecular complexity index is 1250. The number of aryl methyl sites for hydroxylation is 1. The van der Waals surface area contributed by atoms with Gasteiger partial charge >= 0.3 is 0 Å². The lowest BCUT2D eigenvalue weighted by Crippen LogP contribution is -2.13. The summed E-state index contributed by atoms with van der Waals surface area (Å²) in [7, 11) is 3.10. The van der Waals surface area contributed by atoms with Crippen molar-refractivity contribution in [2.75, 3.05) is 19.5 Å². The molecule has 0 fully saturated rings. The van der Waals surface area contributed by atoms with Gasteiger partial charge in [-0.15, -0.1) is 0 Å². The van der Waals surface area contributed by atoms with Crippen molar-refractivity contribution in [3.05, 3.63) is 53.6 Å². The van der Waals surface area contributed by atoms with Gasteiger partial charge in [0.05, 0.1) is 25.1 Å². The normalized spacial score (nSPS) is 11.3. The predicted molar refractivity (Wildman–Crippen MR) is 122 cm³/mol. The molecule has 0 aliphatic heterocycles. The molecule has 1 amide bonds. The fourth-order valence-electron chi connectivity index (χ4n) is 3.54. The number of hydrogen-bond acceptors (Lipinski definition) is 5. The van der Waals surface area contributed by atoms with Crippen molar-refractivity contribution in [2.24, 2.45) is 5.92 Å². The van der Waals surface area contributed by atoms with Gasteiger partial charge in [0.1, 0.15) is 11.5 Å². The molecular weight excluding hydrogens is 392 g/mol. The Hall–Kier alpha value is -3.61. The number of rotatable bonds is 6. The van der Waals surface area contributed by atoms with Gasteiger partial charge < -0.3 is 14.8 Å². The summed E-state index contributed by atoms with van der Waals surface area (Å²) in [6, 6.07) is 13.2. The molecule has 0 bridgehead atoms. The minimum Gasteiger partial charge on any atom is -0.497 e. The van der Waals surface area contributed by atoms with Crippen molar-refractivity contribution < 1.29 is 14.3 Å². The lowest BCUT2D eigenvalue weighted by Gasteiger charge is -2.08. The molecule has 7 heteroatoms. The smallest absolute Gasteiger partial charge is 0.257 e. The number of amides is 1. The van der Waals surface area contributed by atoms with Crippen molar-refractivity contribution in [1.82, 2.24) is 14.8 Å². The van der Waals surface area contributed by atoms with Crippen LogP contribution in [-0.2, 0) is 6.54 Å². The van der Waals surface area contributed by atoms with Crippen molar-refractivity contribution in [1.29, 1.82) is 0 Å². The summed E-state index contributed by atoms with van der Waals surface area (Å²) >= 11 is 0. The number of pyridine rings is 1. The third-order valence-corrected chi connectivity index (χ3v) is 5.06. The number of ether oxygens (including phenoxy) is 2. The molecule has 0 saturated heterocycles. The highest BCUT2D eigenvalue weighted by Crippen LogP contribution is 2.28. The highest BCUT2D eigenvalue weighted by Gasteiger charge is 2.18. The largest absolute Gasteiger partial charge is 0.497 e. The van der Waals surface area contributed by atoms with Gasteiger partial charge in [0.15, 0.2) is 11.5 Å². The van der Waals surface area contributed by atoms with E-state index in [2.05, 4.69) is 36.4 Å². The lowest BCUT2D eigenvalue weighted by atomic mass is 10.1. The first-order valence-corrected chi connectivity index (χ1v) is 10.2. The van der Waals surface area contributed by atoms with E-state index >= 15 is 0 Å². The van der Waals surface area contributed by atoms with E-state index in [9.17, 15) is 4.79 Å². The highest BCUT2D eigenvalue weighted by molar-refractivity contribution is 6.09.